The van der Waals surface area contributed by atoms with E-state index in [9.17, 15) is 14.0 Å². The molecule has 3 N–H and O–H groups in total. The second-order valence-electron chi connectivity index (χ2n) is 6.64. The summed E-state index contributed by atoms with van der Waals surface area (Å²) in [6, 6.07) is 11.5. The van der Waals surface area contributed by atoms with Crippen LogP contribution in [0.15, 0.2) is 46.9 Å². The first-order valence-electron chi connectivity index (χ1n) is 8.92. The van der Waals surface area contributed by atoms with E-state index in [1.807, 2.05) is 23.1 Å². The van der Waals surface area contributed by atoms with Crippen LogP contribution in [-0.4, -0.2) is 35.9 Å². The highest BCUT2D eigenvalue weighted by Crippen LogP contribution is 2.22. The van der Waals surface area contributed by atoms with Gasteiger partial charge in [0, 0.05) is 16.7 Å². The van der Waals surface area contributed by atoms with Crippen LogP contribution >= 0.6 is 15.9 Å². The van der Waals surface area contributed by atoms with E-state index in [0.29, 0.717) is 16.7 Å². The molecule has 0 radical (unpaired) electrons. The van der Waals surface area contributed by atoms with E-state index in [1.165, 1.54) is 12.1 Å². The highest BCUT2D eigenvalue weighted by molar-refractivity contribution is 9.10. The van der Waals surface area contributed by atoms with Crippen LogP contribution in [0.25, 0.3) is 0 Å². The van der Waals surface area contributed by atoms with Gasteiger partial charge in [0.15, 0.2) is 18.2 Å². The molecule has 0 spiro atoms. The first kappa shape index (κ1) is 20.3. The van der Waals surface area contributed by atoms with Crippen molar-refractivity contribution in [2.45, 2.75) is 25.4 Å². The zero-order chi connectivity index (χ0) is 20.1. The van der Waals surface area contributed by atoms with E-state index in [1.54, 1.807) is 12.1 Å². The summed E-state index contributed by atoms with van der Waals surface area (Å²) in [7, 11) is 0. The van der Waals surface area contributed by atoms with Gasteiger partial charge in [-0.05, 0) is 55.3 Å². The van der Waals surface area contributed by atoms with Crippen LogP contribution in [0.5, 0.6) is 5.75 Å². The molecule has 28 heavy (non-hydrogen) atoms. The number of halogens is 2. The molecule has 0 aliphatic carbocycles. The Morgan fingerprint density at radius 3 is 2.86 bits per heavy atom. The first-order chi connectivity index (χ1) is 13.4. The molecule has 1 atom stereocenters. The molecular formula is C20H21BrFN3O3. The lowest BCUT2D eigenvalue weighted by Crippen LogP contribution is -2.39. The fraction of sp³-hybridized carbons (Fsp3) is 0.300. The van der Waals surface area contributed by atoms with E-state index < -0.39 is 11.7 Å². The second-order valence-corrected chi connectivity index (χ2v) is 7.56. The SMILES string of the molecule is NC(=O)C1CCCN1Cc1cccc(NC(=O)COc2ccc(Br)cc2F)c1. The quantitative estimate of drug-likeness (QED) is 0.679. The van der Waals surface area contributed by atoms with Crippen molar-refractivity contribution in [2.24, 2.45) is 5.73 Å². The number of hydrogen-bond acceptors (Lipinski definition) is 4. The Morgan fingerprint density at radius 1 is 1.29 bits per heavy atom. The monoisotopic (exact) mass is 449 g/mol. The van der Waals surface area contributed by atoms with Gasteiger partial charge in [-0.1, -0.05) is 28.1 Å². The summed E-state index contributed by atoms with van der Waals surface area (Å²) in [6.45, 7) is 1.09. The van der Waals surface area contributed by atoms with E-state index in [2.05, 4.69) is 21.2 Å². The third kappa shape index (κ3) is 5.30. The highest BCUT2D eigenvalue weighted by atomic mass is 79.9. The normalized spacial score (nSPS) is 16.7. The van der Waals surface area contributed by atoms with Crippen molar-refractivity contribution in [3.05, 3.63) is 58.3 Å². The lowest BCUT2D eigenvalue weighted by atomic mass is 10.1. The first-order valence-corrected chi connectivity index (χ1v) is 9.71. The molecule has 1 aliphatic rings. The molecule has 1 saturated heterocycles. The number of rotatable bonds is 7. The van der Waals surface area contributed by atoms with Gasteiger partial charge in [0.25, 0.3) is 5.91 Å². The van der Waals surface area contributed by atoms with Crippen molar-refractivity contribution in [1.82, 2.24) is 4.90 Å². The minimum atomic E-state index is -0.543. The number of amides is 2. The summed E-state index contributed by atoms with van der Waals surface area (Å²) in [5, 5.41) is 2.74. The van der Waals surface area contributed by atoms with Crippen molar-refractivity contribution in [3.8, 4) is 5.75 Å². The Labute approximate surface area is 171 Å². The Balaban J connectivity index is 1.56. The predicted octanol–water partition coefficient (Wildman–Crippen LogP) is 3.06. The van der Waals surface area contributed by atoms with Crippen LogP contribution in [0, 0.1) is 5.82 Å². The summed E-state index contributed by atoms with van der Waals surface area (Å²) in [5.74, 6) is -1.23. The number of nitrogens with zero attached hydrogens (tertiary/aromatic N) is 1. The fourth-order valence-electron chi connectivity index (χ4n) is 3.25. The Bertz CT molecular complexity index is 878. The molecular weight excluding hydrogens is 429 g/mol. The molecule has 0 bridgehead atoms. The molecule has 1 aliphatic heterocycles. The zero-order valence-electron chi connectivity index (χ0n) is 15.2. The van der Waals surface area contributed by atoms with Crippen LogP contribution in [0.3, 0.4) is 0 Å². The molecule has 1 unspecified atom stereocenters. The Hall–Kier alpha value is -2.45. The van der Waals surface area contributed by atoms with Gasteiger partial charge >= 0.3 is 0 Å². The van der Waals surface area contributed by atoms with Gasteiger partial charge in [-0.2, -0.15) is 0 Å². The van der Waals surface area contributed by atoms with Crippen molar-refractivity contribution in [2.75, 3.05) is 18.5 Å². The van der Waals surface area contributed by atoms with Gasteiger partial charge in [0.1, 0.15) is 0 Å². The number of likely N-dealkylation sites (tertiary alicyclic amines) is 1. The standard InChI is InChI=1S/C20H21BrFN3O3/c21-14-6-7-18(16(22)10-14)28-12-19(26)24-15-4-1-3-13(9-15)11-25-8-2-5-17(25)20(23)27/h1,3-4,6-7,9-10,17H,2,5,8,11-12H2,(H2,23,27)(H,24,26). The van der Waals surface area contributed by atoms with E-state index in [0.717, 1.165) is 24.9 Å². The number of nitrogens with two attached hydrogens (primary N) is 1. The second kappa shape index (κ2) is 9.16. The van der Waals surface area contributed by atoms with Crippen molar-refractivity contribution >= 4 is 33.4 Å². The Morgan fingerprint density at radius 2 is 2.11 bits per heavy atom. The topological polar surface area (TPSA) is 84.7 Å². The lowest BCUT2D eigenvalue weighted by molar-refractivity contribution is -0.122. The summed E-state index contributed by atoms with van der Waals surface area (Å²) in [4.78, 5) is 25.7. The van der Waals surface area contributed by atoms with E-state index in [-0.39, 0.29) is 24.3 Å². The summed E-state index contributed by atoms with van der Waals surface area (Å²) >= 11 is 3.17. The molecule has 1 heterocycles. The van der Waals surface area contributed by atoms with Crippen LogP contribution in [0.1, 0.15) is 18.4 Å². The number of hydrogen-bond donors (Lipinski definition) is 2. The van der Waals surface area contributed by atoms with Crippen LogP contribution in [0.4, 0.5) is 10.1 Å². The number of carbonyl (C=O) groups excluding carboxylic acids is 2. The van der Waals surface area contributed by atoms with Crippen LogP contribution in [-0.2, 0) is 16.1 Å². The summed E-state index contributed by atoms with van der Waals surface area (Å²) < 4.78 is 19.6. The molecule has 2 aromatic carbocycles. The smallest absolute Gasteiger partial charge is 0.262 e. The summed E-state index contributed by atoms with van der Waals surface area (Å²) in [6.07, 6.45) is 1.71. The average molecular weight is 450 g/mol. The van der Waals surface area contributed by atoms with Crippen molar-refractivity contribution in [3.63, 3.8) is 0 Å². The van der Waals surface area contributed by atoms with Gasteiger partial charge < -0.3 is 15.8 Å². The highest BCUT2D eigenvalue weighted by Gasteiger charge is 2.28. The van der Waals surface area contributed by atoms with Crippen molar-refractivity contribution < 1.29 is 18.7 Å². The molecule has 3 rings (SSSR count). The maximum Gasteiger partial charge on any atom is 0.262 e. The predicted molar refractivity (Wildman–Crippen MR) is 107 cm³/mol. The zero-order valence-corrected chi connectivity index (χ0v) is 16.7. The van der Waals surface area contributed by atoms with Crippen LogP contribution in [0.2, 0.25) is 0 Å². The van der Waals surface area contributed by atoms with Crippen molar-refractivity contribution in [1.29, 1.82) is 0 Å². The number of anilines is 1. The maximum absolute atomic E-state index is 13.7. The number of carbonyl (C=O) groups is 2. The number of primary amides is 1. The number of benzene rings is 2. The molecule has 0 saturated carbocycles. The Kier molecular flexibility index (Phi) is 6.64. The van der Waals surface area contributed by atoms with Crippen LogP contribution < -0.4 is 15.8 Å². The number of nitrogens with one attached hydrogen (secondary N) is 1. The molecule has 8 heteroatoms. The maximum atomic E-state index is 13.7. The third-order valence-corrected chi connectivity index (χ3v) is 5.03. The summed E-state index contributed by atoms with van der Waals surface area (Å²) in [5.41, 5.74) is 7.03. The third-order valence-electron chi connectivity index (χ3n) is 4.54. The molecule has 0 aromatic heterocycles. The van der Waals surface area contributed by atoms with E-state index in [4.69, 9.17) is 10.5 Å². The average Bonchev–Trinajstić information content (AvgIpc) is 3.09. The largest absolute Gasteiger partial charge is 0.481 e. The lowest BCUT2D eigenvalue weighted by Gasteiger charge is -2.22. The molecule has 2 aromatic rings. The number of ether oxygens (including phenoxy) is 1. The van der Waals surface area contributed by atoms with Gasteiger partial charge in [0.05, 0.1) is 6.04 Å². The minimum absolute atomic E-state index is 0.0126. The van der Waals surface area contributed by atoms with E-state index >= 15 is 0 Å². The molecule has 1 fully saturated rings. The van der Waals surface area contributed by atoms with Gasteiger partial charge in [-0.3, -0.25) is 14.5 Å². The fourth-order valence-corrected chi connectivity index (χ4v) is 3.59. The molecule has 148 valence electrons. The molecule has 6 nitrogen and oxygen atoms in total. The molecule has 2 amide bonds. The minimum Gasteiger partial charge on any atom is -0.481 e. The van der Waals surface area contributed by atoms with Gasteiger partial charge in [-0.15, -0.1) is 0 Å². The van der Waals surface area contributed by atoms with Gasteiger partial charge in [-0.25, -0.2) is 4.39 Å². The van der Waals surface area contributed by atoms with Gasteiger partial charge in [0.2, 0.25) is 5.91 Å².